The number of aryl methyl sites for hydroxylation is 1. The third-order valence-corrected chi connectivity index (χ3v) is 2.55. The summed E-state index contributed by atoms with van der Waals surface area (Å²) in [6.45, 7) is 1.50. The van der Waals surface area contributed by atoms with E-state index in [1.807, 2.05) is 29.9 Å². The minimum Gasteiger partial charge on any atom is -0.306 e. The Balaban J connectivity index is 1.84. The highest BCUT2D eigenvalue weighted by molar-refractivity contribution is 6.30. The van der Waals surface area contributed by atoms with Crippen LogP contribution in [0.15, 0.2) is 30.6 Å². The number of hydrogen-bond acceptors (Lipinski definition) is 3. The van der Waals surface area contributed by atoms with Gasteiger partial charge in [-0.3, -0.25) is 9.67 Å². The SMILES string of the molecule is Cn1nccc1CNCc1ccc(Cl)cn1. The molecule has 0 fully saturated rings. The minimum absolute atomic E-state index is 0.662. The van der Waals surface area contributed by atoms with Crippen molar-refractivity contribution in [3.05, 3.63) is 47.0 Å². The number of pyridine rings is 1. The van der Waals surface area contributed by atoms with Crippen LogP contribution < -0.4 is 5.32 Å². The van der Waals surface area contributed by atoms with Crippen molar-refractivity contribution in [2.75, 3.05) is 0 Å². The summed E-state index contributed by atoms with van der Waals surface area (Å²) in [7, 11) is 1.93. The van der Waals surface area contributed by atoms with Crippen molar-refractivity contribution < 1.29 is 0 Å². The van der Waals surface area contributed by atoms with E-state index in [9.17, 15) is 0 Å². The van der Waals surface area contributed by atoms with E-state index in [-0.39, 0.29) is 0 Å². The molecular weight excluding hydrogens is 224 g/mol. The molecule has 0 saturated carbocycles. The zero-order valence-corrected chi connectivity index (χ0v) is 9.78. The van der Waals surface area contributed by atoms with Crippen LogP contribution in [-0.2, 0) is 20.1 Å². The number of rotatable bonds is 4. The van der Waals surface area contributed by atoms with Crippen molar-refractivity contribution in [3.63, 3.8) is 0 Å². The molecule has 2 rings (SSSR count). The molecule has 0 spiro atoms. The first kappa shape index (κ1) is 11.1. The average Bonchev–Trinajstić information content (AvgIpc) is 2.68. The molecule has 0 aromatic carbocycles. The fourth-order valence-corrected chi connectivity index (χ4v) is 1.52. The second-order valence-corrected chi connectivity index (χ2v) is 3.95. The van der Waals surface area contributed by atoms with E-state index in [1.165, 1.54) is 0 Å². The van der Waals surface area contributed by atoms with Crippen molar-refractivity contribution in [1.82, 2.24) is 20.1 Å². The van der Waals surface area contributed by atoms with E-state index in [0.717, 1.165) is 24.5 Å². The minimum atomic E-state index is 0.662. The van der Waals surface area contributed by atoms with E-state index < -0.39 is 0 Å². The van der Waals surface area contributed by atoms with Crippen molar-refractivity contribution in [2.24, 2.45) is 7.05 Å². The molecular formula is C11H13ClN4. The van der Waals surface area contributed by atoms with E-state index >= 15 is 0 Å². The van der Waals surface area contributed by atoms with Gasteiger partial charge in [0.1, 0.15) is 0 Å². The van der Waals surface area contributed by atoms with Crippen LogP contribution in [0.25, 0.3) is 0 Å². The lowest BCUT2D eigenvalue weighted by Crippen LogP contribution is -2.15. The Morgan fingerprint density at radius 2 is 2.19 bits per heavy atom. The summed E-state index contributed by atoms with van der Waals surface area (Å²) in [5, 5.41) is 8.06. The Bertz CT molecular complexity index is 449. The second-order valence-electron chi connectivity index (χ2n) is 3.52. The van der Waals surface area contributed by atoms with Crippen molar-refractivity contribution >= 4 is 11.6 Å². The summed E-state index contributed by atoms with van der Waals surface area (Å²) in [6.07, 6.45) is 3.44. The summed E-state index contributed by atoms with van der Waals surface area (Å²) in [6, 6.07) is 5.75. The largest absolute Gasteiger partial charge is 0.306 e. The first-order valence-corrected chi connectivity index (χ1v) is 5.41. The third-order valence-electron chi connectivity index (χ3n) is 2.32. The van der Waals surface area contributed by atoms with Crippen LogP contribution in [-0.4, -0.2) is 14.8 Å². The molecule has 0 radical (unpaired) electrons. The van der Waals surface area contributed by atoms with Crippen molar-refractivity contribution in [2.45, 2.75) is 13.1 Å². The van der Waals surface area contributed by atoms with Gasteiger partial charge in [-0.25, -0.2) is 0 Å². The van der Waals surface area contributed by atoms with Gasteiger partial charge in [0, 0.05) is 32.5 Å². The van der Waals surface area contributed by atoms with Crippen LogP contribution in [0.4, 0.5) is 0 Å². The van der Waals surface area contributed by atoms with Crippen LogP contribution in [0, 0.1) is 0 Å². The number of halogens is 1. The van der Waals surface area contributed by atoms with Gasteiger partial charge in [-0.05, 0) is 18.2 Å². The lowest BCUT2D eigenvalue weighted by Gasteiger charge is -2.04. The molecule has 84 valence electrons. The predicted octanol–water partition coefficient (Wildman–Crippen LogP) is 1.76. The van der Waals surface area contributed by atoms with Gasteiger partial charge in [-0.15, -0.1) is 0 Å². The molecule has 16 heavy (non-hydrogen) atoms. The van der Waals surface area contributed by atoms with Gasteiger partial charge in [0.15, 0.2) is 0 Å². The van der Waals surface area contributed by atoms with Gasteiger partial charge < -0.3 is 5.32 Å². The van der Waals surface area contributed by atoms with Gasteiger partial charge in [-0.2, -0.15) is 5.10 Å². The van der Waals surface area contributed by atoms with Gasteiger partial charge in [0.25, 0.3) is 0 Å². The second kappa shape index (κ2) is 5.09. The zero-order chi connectivity index (χ0) is 11.4. The monoisotopic (exact) mass is 236 g/mol. The Kier molecular flexibility index (Phi) is 3.54. The van der Waals surface area contributed by atoms with Crippen LogP contribution in [0.2, 0.25) is 5.02 Å². The molecule has 0 aliphatic rings. The summed E-state index contributed by atoms with van der Waals surface area (Å²) in [4.78, 5) is 4.20. The van der Waals surface area contributed by atoms with E-state index in [2.05, 4.69) is 15.4 Å². The molecule has 5 heteroatoms. The summed E-state index contributed by atoms with van der Waals surface area (Å²) in [5.41, 5.74) is 2.13. The summed E-state index contributed by atoms with van der Waals surface area (Å²) >= 11 is 5.75. The highest BCUT2D eigenvalue weighted by atomic mass is 35.5. The number of aromatic nitrogens is 3. The quantitative estimate of drug-likeness (QED) is 0.880. The fourth-order valence-electron chi connectivity index (χ4n) is 1.40. The molecule has 0 amide bonds. The standard InChI is InChI=1S/C11H13ClN4/c1-16-11(4-5-15-16)8-13-7-10-3-2-9(12)6-14-10/h2-6,13H,7-8H2,1H3. The zero-order valence-electron chi connectivity index (χ0n) is 9.02. The molecule has 4 nitrogen and oxygen atoms in total. The van der Waals surface area contributed by atoms with Crippen molar-refractivity contribution in [1.29, 1.82) is 0 Å². The summed E-state index contributed by atoms with van der Waals surface area (Å²) in [5.74, 6) is 0. The molecule has 2 aromatic rings. The molecule has 0 atom stereocenters. The highest BCUT2D eigenvalue weighted by Crippen LogP contribution is 2.06. The van der Waals surface area contributed by atoms with E-state index in [1.54, 1.807) is 12.4 Å². The van der Waals surface area contributed by atoms with Crippen LogP contribution in [0.5, 0.6) is 0 Å². The van der Waals surface area contributed by atoms with Crippen LogP contribution in [0.1, 0.15) is 11.4 Å². The average molecular weight is 237 g/mol. The van der Waals surface area contributed by atoms with Gasteiger partial charge in [-0.1, -0.05) is 11.6 Å². The van der Waals surface area contributed by atoms with Gasteiger partial charge >= 0.3 is 0 Å². The molecule has 0 bridgehead atoms. The number of nitrogens with one attached hydrogen (secondary N) is 1. The Morgan fingerprint density at radius 3 is 2.81 bits per heavy atom. The molecule has 0 aliphatic heterocycles. The molecule has 0 aliphatic carbocycles. The Hall–Kier alpha value is -1.39. The smallest absolute Gasteiger partial charge is 0.0589 e. The number of hydrogen-bond donors (Lipinski definition) is 1. The van der Waals surface area contributed by atoms with Gasteiger partial charge in [0.05, 0.1) is 16.4 Å². The number of nitrogens with zero attached hydrogens (tertiary/aromatic N) is 3. The molecule has 2 heterocycles. The molecule has 0 unspecified atom stereocenters. The van der Waals surface area contributed by atoms with E-state index in [0.29, 0.717) is 5.02 Å². The maximum absolute atomic E-state index is 5.75. The van der Waals surface area contributed by atoms with E-state index in [4.69, 9.17) is 11.6 Å². The molecule has 1 N–H and O–H groups in total. The maximum atomic E-state index is 5.75. The Labute approximate surface area is 99.3 Å². The summed E-state index contributed by atoms with van der Waals surface area (Å²) < 4.78 is 1.85. The molecule has 2 aromatic heterocycles. The first-order chi connectivity index (χ1) is 7.75. The third kappa shape index (κ3) is 2.81. The molecule has 0 saturated heterocycles. The van der Waals surface area contributed by atoms with Crippen LogP contribution in [0.3, 0.4) is 0 Å². The first-order valence-electron chi connectivity index (χ1n) is 5.04. The topological polar surface area (TPSA) is 42.7 Å². The maximum Gasteiger partial charge on any atom is 0.0589 e. The van der Waals surface area contributed by atoms with Crippen molar-refractivity contribution in [3.8, 4) is 0 Å². The lowest BCUT2D eigenvalue weighted by atomic mass is 10.3. The predicted molar refractivity (Wildman–Crippen MR) is 63.0 cm³/mol. The van der Waals surface area contributed by atoms with Gasteiger partial charge in [0.2, 0.25) is 0 Å². The Morgan fingerprint density at radius 1 is 1.31 bits per heavy atom. The fraction of sp³-hybridized carbons (Fsp3) is 0.273. The lowest BCUT2D eigenvalue weighted by molar-refractivity contribution is 0.620. The van der Waals surface area contributed by atoms with Crippen LogP contribution >= 0.6 is 11.6 Å². The normalized spacial score (nSPS) is 10.6. The highest BCUT2D eigenvalue weighted by Gasteiger charge is 1.98.